The Bertz CT molecular complexity index is 539. The van der Waals surface area contributed by atoms with Crippen LogP contribution < -0.4 is 10.0 Å². The van der Waals surface area contributed by atoms with Gasteiger partial charge < -0.3 is 10.1 Å². The SMILES string of the molecule is CCCNc1ccccc1S(=O)(=O)NC1CC(OC)C1. The largest absolute Gasteiger partial charge is 0.384 e. The van der Waals surface area contributed by atoms with Gasteiger partial charge in [-0.3, -0.25) is 0 Å². The molecule has 0 amide bonds. The summed E-state index contributed by atoms with van der Waals surface area (Å²) in [5.74, 6) is 0. The lowest BCUT2D eigenvalue weighted by molar-refractivity contribution is 0.0236. The van der Waals surface area contributed by atoms with Crippen molar-refractivity contribution in [3.05, 3.63) is 24.3 Å². The number of para-hydroxylation sites is 1. The van der Waals surface area contributed by atoms with Gasteiger partial charge in [-0.05, 0) is 31.4 Å². The Morgan fingerprint density at radius 3 is 2.65 bits per heavy atom. The van der Waals surface area contributed by atoms with E-state index in [1.54, 1.807) is 25.3 Å². The maximum atomic E-state index is 12.4. The van der Waals surface area contributed by atoms with E-state index in [0.717, 1.165) is 25.8 Å². The van der Waals surface area contributed by atoms with E-state index < -0.39 is 10.0 Å². The second kappa shape index (κ2) is 6.56. The number of hydrogen-bond donors (Lipinski definition) is 2. The highest BCUT2D eigenvalue weighted by Crippen LogP contribution is 2.26. The molecule has 1 aromatic rings. The molecule has 0 spiro atoms. The molecule has 0 unspecified atom stereocenters. The molecular formula is C14H22N2O3S. The van der Waals surface area contributed by atoms with Crippen LogP contribution in [-0.2, 0) is 14.8 Å². The molecule has 0 bridgehead atoms. The number of ether oxygens (including phenoxy) is 1. The fourth-order valence-electron chi connectivity index (χ4n) is 2.24. The smallest absolute Gasteiger partial charge is 0.242 e. The van der Waals surface area contributed by atoms with Crippen molar-refractivity contribution in [1.29, 1.82) is 0 Å². The summed E-state index contributed by atoms with van der Waals surface area (Å²) < 4.78 is 32.8. The number of methoxy groups -OCH3 is 1. The molecule has 5 nitrogen and oxygen atoms in total. The van der Waals surface area contributed by atoms with Crippen molar-refractivity contribution < 1.29 is 13.2 Å². The molecule has 0 radical (unpaired) electrons. The van der Waals surface area contributed by atoms with E-state index in [0.29, 0.717) is 10.6 Å². The van der Waals surface area contributed by atoms with Gasteiger partial charge in [0, 0.05) is 19.7 Å². The zero-order valence-corrected chi connectivity index (χ0v) is 12.7. The van der Waals surface area contributed by atoms with Crippen LogP contribution in [0, 0.1) is 0 Å². The van der Waals surface area contributed by atoms with Gasteiger partial charge in [-0.1, -0.05) is 19.1 Å². The molecule has 2 N–H and O–H groups in total. The van der Waals surface area contributed by atoms with Crippen molar-refractivity contribution in [3.63, 3.8) is 0 Å². The lowest BCUT2D eigenvalue weighted by atomic mass is 9.90. The van der Waals surface area contributed by atoms with E-state index in [-0.39, 0.29) is 12.1 Å². The third kappa shape index (κ3) is 3.50. The minimum absolute atomic E-state index is 0.0239. The van der Waals surface area contributed by atoms with Crippen LogP contribution in [0.5, 0.6) is 0 Å². The van der Waals surface area contributed by atoms with Crippen molar-refractivity contribution in [2.45, 2.75) is 43.2 Å². The lowest BCUT2D eigenvalue weighted by Crippen LogP contribution is -2.47. The van der Waals surface area contributed by atoms with E-state index >= 15 is 0 Å². The van der Waals surface area contributed by atoms with Crippen LogP contribution in [0.4, 0.5) is 5.69 Å². The molecule has 0 aromatic heterocycles. The van der Waals surface area contributed by atoms with E-state index in [1.807, 2.05) is 13.0 Å². The number of hydrogen-bond acceptors (Lipinski definition) is 4. The van der Waals surface area contributed by atoms with E-state index in [4.69, 9.17) is 4.74 Å². The van der Waals surface area contributed by atoms with Crippen LogP contribution in [0.2, 0.25) is 0 Å². The molecule has 0 aliphatic heterocycles. The Morgan fingerprint density at radius 2 is 2.00 bits per heavy atom. The predicted molar refractivity (Wildman–Crippen MR) is 79.4 cm³/mol. The fraction of sp³-hybridized carbons (Fsp3) is 0.571. The normalized spacial score (nSPS) is 22.3. The minimum Gasteiger partial charge on any atom is -0.384 e. The first-order valence-electron chi connectivity index (χ1n) is 6.95. The summed E-state index contributed by atoms with van der Waals surface area (Å²) in [5.41, 5.74) is 0.657. The summed E-state index contributed by atoms with van der Waals surface area (Å²) in [7, 11) is -1.83. The quantitative estimate of drug-likeness (QED) is 0.807. The molecule has 1 aromatic carbocycles. The first-order valence-corrected chi connectivity index (χ1v) is 8.43. The average Bonchev–Trinajstić information content (AvgIpc) is 2.40. The second-order valence-corrected chi connectivity index (χ2v) is 6.75. The average molecular weight is 298 g/mol. The molecule has 20 heavy (non-hydrogen) atoms. The first-order chi connectivity index (χ1) is 9.56. The molecular weight excluding hydrogens is 276 g/mol. The molecule has 2 rings (SSSR count). The monoisotopic (exact) mass is 298 g/mol. The highest BCUT2D eigenvalue weighted by molar-refractivity contribution is 7.89. The molecule has 0 saturated heterocycles. The summed E-state index contributed by atoms with van der Waals surface area (Å²) in [6.45, 7) is 2.79. The van der Waals surface area contributed by atoms with Crippen LogP contribution in [0.25, 0.3) is 0 Å². The number of sulfonamides is 1. The zero-order valence-electron chi connectivity index (χ0n) is 11.9. The summed E-state index contributed by atoms with van der Waals surface area (Å²) in [6.07, 6.45) is 2.59. The molecule has 6 heteroatoms. The third-order valence-electron chi connectivity index (χ3n) is 3.49. The Labute approximate surface area is 120 Å². The maximum Gasteiger partial charge on any atom is 0.242 e. The topological polar surface area (TPSA) is 67.4 Å². The summed E-state index contributed by atoms with van der Waals surface area (Å²) >= 11 is 0. The van der Waals surface area contributed by atoms with Gasteiger partial charge in [-0.25, -0.2) is 13.1 Å². The highest BCUT2D eigenvalue weighted by atomic mass is 32.2. The molecule has 1 fully saturated rings. The zero-order chi connectivity index (χ0) is 14.6. The van der Waals surface area contributed by atoms with Crippen molar-refractivity contribution in [2.75, 3.05) is 19.0 Å². The minimum atomic E-state index is -3.48. The summed E-state index contributed by atoms with van der Waals surface area (Å²) in [6, 6.07) is 6.98. The predicted octanol–water partition coefficient (Wildman–Crippen LogP) is 1.96. The van der Waals surface area contributed by atoms with Gasteiger partial charge in [-0.15, -0.1) is 0 Å². The van der Waals surface area contributed by atoms with Crippen molar-refractivity contribution >= 4 is 15.7 Å². The van der Waals surface area contributed by atoms with Gasteiger partial charge in [0.25, 0.3) is 0 Å². The summed E-state index contributed by atoms with van der Waals surface area (Å²) in [5, 5.41) is 3.15. The summed E-state index contributed by atoms with van der Waals surface area (Å²) in [4.78, 5) is 0.314. The van der Waals surface area contributed by atoms with Crippen LogP contribution in [0.15, 0.2) is 29.2 Å². The van der Waals surface area contributed by atoms with E-state index in [1.165, 1.54) is 0 Å². The van der Waals surface area contributed by atoms with E-state index in [2.05, 4.69) is 10.0 Å². The molecule has 1 saturated carbocycles. The van der Waals surface area contributed by atoms with Gasteiger partial charge in [-0.2, -0.15) is 0 Å². The molecule has 0 atom stereocenters. The van der Waals surface area contributed by atoms with Gasteiger partial charge in [0.05, 0.1) is 11.8 Å². The lowest BCUT2D eigenvalue weighted by Gasteiger charge is -2.34. The van der Waals surface area contributed by atoms with Gasteiger partial charge in [0.1, 0.15) is 4.90 Å². The van der Waals surface area contributed by atoms with Crippen LogP contribution in [-0.4, -0.2) is 34.2 Å². The molecule has 112 valence electrons. The van der Waals surface area contributed by atoms with Crippen LogP contribution in [0.1, 0.15) is 26.2 Å². The van der Waals surface area contributed by atoms with Gasteiger partial charge in [0.2, 0.25) is 10.0 Å². The Balaban J connectivity index is 2.09. The standard InChI is InChI=1S/C14H22N2O3S/c1-3-8-15-13-6-4-5-7-14(13)20(17,18)16-11-9-12(10-11)19-2/h4-7,11-12,15-16H,3,8-10H2,1-2H3. The molecule has 0 heterocycles. The third-order valence-corrected chi connectivity index (χ3v) is 5.07. The first kappa shape index (κ1) is 15.3. The number of nitrogens with one attached hydrogen (secondary N) is 2. The van der Waals surface area contributed by atoms with Crippen molar-refractivity contribution in [3.8, 4) is 0 Å². The fourth-order valence-corrected chi connectivity index (χ4v) is 3.69. The second-order valence-electron chi connectivity index (χ2n) is 5.07. The van der Waals surface area contributed by atoms with Crippen LogP contribution in [0.3, 0.4) is 0 Å². The Morgan fingerprint density at radius 1 is 1.30 bits per heavy atom. The van der Waals surface area contributed by atoms with Crippen LogP contribution >= 0.6 is 0 Å². The Kier molecular flexibility index (Phi) is 5.01. The van der Waals surface area contributed by atoms with Gasteiger partial charge in [0.15, 0.2) is 0 Å². The number of rotatable bonds is 7. The van der Waals surface area contributed by atoms with Crippen molar-refractivity contribution in [1.82, 2.24) is 4.72 Å². The Hall–Kier alpha value is -1.11. The van der Waals surface area contributed by atoms with Crippen molar-refractivity contribution in [2.24, 2.45) is 0 Å². The number of anilines is 1. The molecule has 1 aliphatic rings. The number of benzene rings is 1. The highest BCUT2D eigenvalue weighted by Gasteiger charge is 2.33. The van der Waals surface area contributed by atoms with Gasteiger partial charge >= 0.3 is 0 Å². The molecule has 1 aliphatic carbocycles. The van der Waals surface area contributed by atoms with E-state index in [9.17, 15) is 8.42 Å². The maximum absolute atomic E-state index is 12.4.